The number of sulfone groups is 1. The molecule has 98 valence electrons. The first kappa shape index (κ1) is 12.7. The quantitative estimate of drug-likeness (QED) is 0.817. The van der Waals surface area contributed by atoms with E-state index in [1.165, 1.54) is 0 Å². The number of benzene rings is 2. The molecular weight excluding hydrogens is 284 g/mol. The Balaban J connectivity index is 1.85. The Morgan fingerprint density at radius 1 is 0.947 bits per heavy atom. The summed E-state index contributed by atoms with van der Waals surface area (Å²) in [5.41, 5.74) is 0.0324. The van der Waals surface area contributed by atoms with Crippen LogP contribution in [-0.4, -0.2) is 13.9 Å². The zero-order valence-electron chi connectivity index (χ0n) is 9.86. The first-order valence-electron chi connectivity index (χ1n) is 5.79. The van der Waals surface area contributed by atoms with Crippen LogP contribution in [0.25, 0.3) is 0 Å². The van der Waals surface area contributed by atoms with E-state index in [2.05, 4.69) is 0 Å². The topological polar surface area (TPSA) is 46.7 Å². The number of ether oxygens (including phenoxy) is 1. The molecule has 2 aromatic rings. The van der Waals surface area contributed by atoms with E-state index in [1.807, 2.05) is 0 Å². The summed E-state index contributed by atoms with van der Waals surface area (Å²) in [5.74, 6) is 0. The summed E-state index contributed by atoms with van der Waals surface area (Å²) in [6.45, 7) is 0. The molecule has 0 N–H and O–H groups in total. The zero-order chi connectivity index (χ0) is 13.5. The van der Waals surface area contributed by atoms with Crippen molar-refractivity contribution in [3.63, 3.8) is 0 Å². The maximum absolute atomic E-state index is 12.3. The SMILES string of the molecule is O=S(=O)(c1ccccc1)[C@H]1O[C@@H]1c1ccc(Cl)cc1. The fourth-order valence-electron chi connectivity index (χ4n) is 1.97. The van der Waals surface area contributed by atoms with Crippen molar-refractivity contribution in [2.24, 2.45) is 0 Å². The average molecular weight is 295 g/mol. The second-order valence-corrected chi connectivity index (χ2v) is 6.80. The maximum Gasteiger partial charge on any atom is 0.208 e. The van der Waals surface area contributed by atoms with Crippen LogP contribution in [0.1, 0.15) is 11.7 Å². The molecule has 1 saturated heterocycles. The predicted octanol–water partition coefficient (Wildman–Crippen LogP) is 3.21. The third kappa shape index (κ3) is 2.39. The van der Waals surface area contributed by atoms with Crippen molar-refractivity contribution in [1.82, 2.24) is 0 Å². The summed E-state index contributed by atoms with van der Waals surface area (Å²) in [6.07, 6.45) is -0.400. The summed E-state index contributed by atoms with van der Waals surface area (Å²) in [5, 5.41) is 0.617. The van der Waals surface area contributed by atoms with Gasteiger partial charge in [0.25, 0.3) is 0 Å². The van der Waals surface area contributed by atoms with Crippen molar-refractivity contribution in [3.05, 3.63) is 65.2 Å². The number of rotatable bonds is 3. The van der Waals surface area contributed by atoms with Gasteiger partial charge in [0.05, 0.1) is 4.90 Å². The predicted molar refractivity (Wildman–Crippen MR) is 72.7 cm³/mol. The van der Waals surface area contributed by atoms with Gasteiger partial charge in [0.1, 0.15) is 6.10 Å². The van der Waals surface area contributed by atoms with Gasteiger partial charge in [-0.25, -0.2) is 8.42 Å². The Kier molecular flexibility index (Phi) is 3.09. The van der Waals surface area contributed by atoms with E-state index < -0.39 is 21.4 Å². The molecule has 1 aliphatic heterocycles. The van der Waals surface area contributed by atoms with Gasteiger partial charge in [-0.05, 0) is 29.8 Å². The zero-order valence-corrected chi connectivity index (χ0v) is 11.4. The first-order chi connectivity index (χ1) is 9.09. The highest BCUT2D eigenvalue weighted by atomic mass is 35.5. The van der Waals surface area contributed by atoms with Crippen LogP contribution in [0.15, 0.2) is 59.5 Å². The maximum atomic E-state index is 12.3. The molecule has 3 nitrogen and oxygen atoms in total. The Morgan fingerprint density at radius 3 is 2.21 bits per heavy atom. The Morgan fingerprint density at radius 2 is 1.58 bits per heavy atom. The molecule has 0 saturated carbocycles. The molecule has 2 atom stereocenters. The van der Waals surface area contributed by atoms with E-state index in [-0.39, 0.29) is 4.90 Å². The van der Waals surface area contributed by atoms with Crippen LogP contribution in [0.4, 0.5) is 0 Å². The van der Waals surface area contributed by atoms with Gasteiger partial charge in [0, 0.05) is 5.02 Å². The van der Waals surface area contributed by atoms with E-state index in [0.29, 0.717) is 5.02 Å². The molecule has 5 heteroatoms. The monoisotopic (exact) mass is 294 g/mol. The molecule has 1 aliphatic rings. The van der Waals surface area contributed by atoms with Gasteiger partial charge < -0.3 is 4.74 Å². The summed E-state index contributed by atoms with van der Waals surface area (Å²) < 4.78 is 29.9. The highest BCUT2D eigenvalue weighted by molar-refractivity contribution is 7.92. The third-order valence-corrected chi connectivity index (χ3v) is 5.18. The highest BCUT2D eigenvalue weighted by Crippen LogP contribution is 2.44. The molecule has 0 aliphatic carbocycles. The highest BCUT2D eigenvalue weighted by Gasteiger charge is 2.50. The van der Waals surface area contributed by atoms with Gasteiger partial charge in [-0.2, -0.15) is 0 Å². The molecule has 0 amide bonds. The molecule has 3 rings (SSSR count). The number of hydrogen-bond acceptors (Lipinski definition) is 3. The largest absolute Gasteiger partial charge is 0.347 e. The molecule has 0 bridgehead atoms. The van der Waals surface area contributed by atoms with Crippen LogP contribution in [0.5, 0.6) is 0 Å². The molecule has 19 heavy (non-hydrogen) atoms. The van der Waals surface area contributed by atoms with Gasteiger partial charge in [0.2, 0.25) is 9.84 Å². The number of epoxide rings is 1. The molecule has 0 spiro atoms. The van der Waals surface area contributed by atoms with Crippen LogP contribution >= 0.6 is 11.6 Å². The van der Waals surface area contributed by atoms with Crippen molar-refractivity contribution >= 4 is 21.4 Å². The minimum Gasteiger partial charge on any atom is -0.347 e. The second kappa shape index (κ2) is 4.63. The number of hydrogen-bond donors (Lipinski definition) is 0. The normalized spacial score (nSPS) is 22.2. The van der Waals surface area contributed by atoms with Gasteiger partial charge in [-0.3, -0.25) is 0 Å². The lowest BCUT2D eigenvalue weighted by Crippen LogP contribution is -2.09. The summed E-state index contributed by atoms with van der Waals surface area (Å²) in [7, 11) is -3.43. The Labute approximate surface area is 116 Å². The van der Waals surface area contributed by atoms with Gasteiger partial charge in [-0.1, -0.05) is 41.9 Å². The van der Waals surface area contributed by atoms with E-state index in [0.717, 1.165) is 5.56 Å². The van der Waals surface area contributed by atoms with Crippen molar-refractivity contribution in [1.29, 1.82) is 0 Å². The first-order valence-corrected chi connectivity index (χ1v) is 7.71. The molecular formula is C14H11ClO3S. The Hall–Kier alpha value is -1.36. The molecule has 0 unspecified atom stereocenters. The van der Waals surface area contributed by atoms with E-state index >= 15 is 0 Å². The van der Waals surface area contributed by atoms with Gasteiger partial charge >= 0.3 is 0 Å². The van der Waals surface area contributed by atoms with E-state index in [9.17, 15) is 8.42 Å². The molecule has 0 aromatic heterocycles. The van der Waals surface area contributed by atoms with Crippen molar-refractivity contribution in [2.75, 3.05) is 0 Å². The Bertz CT molecular complexity index is 680. The fraction of sp³-hybridized carbons (Fsp3) is 0.143. The van der Waals surface area contributed by atoms with Crippen molar-refractivity contribution < 1.29 is 13.2 Å². The van der Waals surface area contributed by atoms with Gasteiger partial charge in [0.15, 0.2) is 5.44 Å². The van der Waals surface area contributed by atoms with Crippen LogP contribution in [0, 0.1) is 0 Å². The summed E-state index contributed by atoms with van der Waals surface area (Å²) in [4.78, 5) is 0.288. The van der Waals surface area contributed by atoms with Crippen LogP contribution in [-0.2, 0) is 14.6 Å². The minimum atomic E-state index is -3.43. The van der Waals surface area contributed by atoms with Gasteiger partial charge in [-0.15, -0.1) is 0 Å². The summed E-state index contributed by atoms with van der Waals surface area (Å²) in [6, 6.07) is 15.4. The van der Waals surface area contributed by atoms with Crippen molar-refractivity contribution in [3.8, 4) is 0 Å². The smallest absolute Gasteiger partial charge is 0.208 e. The van der Waals surface area contributed by atoms with E-state index in [4.69, 9.17) is 16.3 Å². The van der Waals surface area contributed by atoms with E-state index in [1.54, 1.807) is 54.6 Å². The van der Waals surface area contributed by atoms with Crippen LogP contribution < -0.4 is 0 Å². The minimum absolute atomic E-state index is 0.288. The third-order valence-electron chi connectivity index (χ3n) is 3.03. The summed E-state index contributed by atoms with van der Waals surface area (Å²) >= 11 is 5.80. The lowest BCUT2D eigenvalue weighted by atomic mass is 10.2. The standard InChI is InChI=1S/C14H11ClO3S/c15-11-8-6-10(7-9-11)13-14(18-13)19(16,17)12-4-2-1-3-5-12/h1-9,13-14H/t13-,14-/m1/s1. The van der Waals surface area contributed by atoms with Crippen molar-refractivity contribution in [2.45, 2.75) is 16.4 Å². The molecule has 2 aromatic carbocycles. The van der Waals surface area contributed by atoms with Crippen LogP contribution in [0.3, 0.4) is 0 Å². The second-order valence-electron chi connectivity index (χ2n) is 4.33. The van der Waals surface area contributed by atoms with Crippen LogP contribution in [0.2, 0.25) is 5.02 Å². The average Bonchev–Trinajstić information content (AvgIpc) is 3.22. The molecule has 1 heterocycles. The molecule has 1 fully saturated rings. The molecule has 0 radical (unpaired) electrons. The lowest BCUT2D eigenvalue weighted by Gasteiger charge is -2.00. The fourth-order valence-corrected chi connectivity index (χ4v) is 3.65. The lowest BCUT2D eigenvalue weighted by molar-refractivity contribution is 0.399. The number of halogens is 1.